The van der Waals surface area contributed by atoms with Crippen molar-refractivity contribution in [2.24, 2.45) is 0 Å². The molecule has 1 nitrogen and oxygen atoms in total. The van der Waals surface area contributed by atoms with Crippen LogP contribution < -0.4 is 0 Å². The number of rotatable bonds is 5. The normalized spacial score (nSPS) is 12.7. The second kappa shape index (κ2) is 5.79. The molecule has 0 aromatic heterocycles. The molecule has 0 saturated carbocycles. The topological polar surface area (TPSA) is 20.2 Å². The van der Waals surface area contributed by atoms with Crippen LogP contribution in [0.2, 0.25) is 0 Å². The minimum Gasteiger partial charge on any atom is -0.508 e. The fraction of sp³-hybridized carbons (Fsp3) is 0.571. The van der Waals surface area contributed by atoms with Gasteiger partial charge in [0, 0.05) is 0 Å². The zero-order chi connectivity index (χ0) is 11.3. The van der Waals surface area contributed by atoms with E-state index in [0.717, 1.165) is 5.56 Å². The van der Waals surface area contributed by atoms with E-state index < -0.39 is 0 Å². The molecule has 0 saturated heterocycles. The maximum absolute atomic E-state index is 9.44. The number of aryl methyl sites for hydroxylation is 1. The van der Waals surface area contributed by atoms with Crippen LogP contribution >= 0.6 is 0 Å². The Hall–Kier alpha value is -0.980. The molecule has 1 rings (SSSR count). The summed E-state index contributed by atoms with van der Waals surface area (Å²) in [7, 11) is 0. The average molecular weight is 206 g/mol. The van der Waals surface area contributed by atoms with Crippen molar-refractivity contribution in [3.63, 3.8) is 0 Å². The first-order chi connectivity index (χ1) is 7.15. The van der Waals surface area contributed by atoms with E-state index in [1.807, 2.05) is 13.0 Å². The number of hydrogen-bond donors (Lipinski definition) is 1. The molecule has 0 amide bonds. The first kappa shape index (κ1) is 12.1. The molecule has 0 bridgehead atoms. The molecule has 1 unspecified atom stereocenters. The highest BCUT2D eigenvalue weighted by atomic mass is 16.3. The molecule has 0 aliphatic carbocycles. The van der Waals surface area contributed by atoms with Gasteiger partial charge in [0.05, 0.1) is 0 Å². The van der Waals surface area contributed by atoms with Crippen molar-refractivity contribution in [3.05, 3.63) is 29.3 Å². The van der Waals surface area contributed by atoms with Crippen LogP contribution in [0.15, 0.2) is 18.2 Å². The third-order valence-corrected chi connectivity index (χ3v) is 3.03. The number of aromatic hydroxyl groups is 1. The van der Waals surface area contributed by atoms with Gasteiger partial charge in [-0.05, 0) is 36.5 Å². The summed E-state index contributed by atoms with van der Waals surface area (Å²) in [6, 6.07) is 5.95. The summed E-state index contributed by atoms with van der Waals surface area (Å²) < 4.78 is 0. The van der Waals surface area contributed by atoms with Gasteiger partial charge in [-0.3, -0.25) is 0 Å². The average Bonchev–Trinajstić information content (AvgIpc) is 2.22. The Labute approximate surface area is 93.1 Å². The van der Waals surface area contributed by atoms with E-state index in [0.29, 0.717) is 11.7 Å². The highest BCUT2D eigenvalue weighted by Gasteiger charge is 2.06. The van der Waals surface area contributed by atoms with Crippen LogP contribution in [0.25, 0.3) is 0 Å². The molecule has 84 valence electrons. The molecular weight excluding hydrogens is 184 g/mol. The lowest BCUT2D eigenvalue weighted by molar-refractivity contribution is 0.470. The predicted octanol–water partition coefficient (Wildman–Crippen LogP) is 4.38. The van der Waals surface area contributed by atoms with E-state index in [2.05, 4.69) is 19.9 Å². The van der Waals surface area contributed by atoms with Crippen LogP contribution in [0.1, 0.15) is 56.6 Å². The van der Waals surface area contributed by atoms with Gasteiger partial charge in [0.1, 0.15) is 5.75 Å². The lowest BCUT2D eigenvalue weighted by Gasteiger charge is -2.12. The molecule has 0 aliphatic heterocycles. The minimum absolute atomic E-state index is 0.402. The quantitative estimate of drug-likeness (QED) is 0.709. The first-order valence-corrected chi connectivity index (χ1v) is 5.94. The maximum Gasteiger partial charge on any atom is 0.118 e. The van der Waals surface area contributed by atoms with Crippen molar-refractivity contribution in [3.8, 4) is 5.75 Å². The molecule has 0 radical (unpaired) electrons. The molecule has 1 N–H and O–H groups in total. The standard InChI is InChI=1S/C14H22O/c1-4-5-6-7-11(2)13-8-9-14(15)12(3)10-13/h8-11,15H,4-7H2,1-3H3. The van der Waals surface area contributed by atoms with E-state index in [-0.39, 0.29) is 0 Å². The van der Waals surface area contributed by atoms with E-state index in [1.54, 1.807) is 6.07 Å². The first-order valence-electron chi connectivity index (χ1n) is 5.94. The Bertz CT molecular complexity index is 304. The number of phenols is 1. The van der Waals surface area contributed by atoms with Crippen LogP contribution in [0.4, 0.5) is 0 Å². The second-order valence-electron chi connectivity index (χ2n) is 4.44. The fourth-order valence-corrected chi connectivity index (χ4v) is 1.85. The summed E-state index contributed by atoms with van der Waals surface area (Å²) in [5.41, 5.74) is 2.33. The fourth-order valence-electron chi connectivity index (χ4n) is 1.85. The van der Waals surface area contributed by atoms with Crippen molar-refractivity contribution < 1.29 is 5.11 Å². The molecule has 0 spiro atoms. The van der Waals surface area contributed by atoms with Gasteiger partial charge in [-0.1, -0.05) is 45.2 Å². The van der Waals surface area contributed by atoms with Gasteiger partial charge in [-0.25, -0.2) is 0 Å². The summed E-state index contributed by atoms with van der Waals surface area (Å²) in [5.74, 6) is 1.01. The number of phenolic OH excluding ortho intramolecular Hbond substituents is 1. The molecule has 0 aliphatic rings. The Kier molecular flexibility index (Phi) is 4.67. The van der Waals surface area contributed by atoms with Crippen molar-refractivity contribution in [1.82, 2.24) is 0 Å². The van der Waals surface area contributed by atoms with E-state index in [1.165, 1.54) is 31.2 Å². The minimum atomic E-state index is 0.402. The smallest absolute Gasteiger partial charge is 0.118 e. The maximum atomic E-state index is 9.44. The Balaban J connectivity index is 2.57. The van der Waals surface area contributed by atoms with Gasteiger partial charge in [-0.2, -0.15) is 0 Å². The summed E-state index contributed by atoms with van der Waals surface area (Å²) in [6.07, 6.45) is 5.15. The second-order valence-corrected chi connectivity index (χ2v) is 4.44. The summed E-state index contributed by atoms with van der Waals surface area (Å²) >= 11 is 0. The summed E-state index contributed by atoms with van der Waals surface area (Å²) in [6.45, 7) is 6.45. The van der Waals surface area contributed by atoms with Crippen molar-refractivity contribution in [2.75, 3.05) is 0 Å². The largest absolute Gasteiger partial charge is 0.508 e. The summed E-state index contributed by atoms with van der Waals surface area (Å²) in [5, 5.41) is 9.44. The SMILES string of the molecule is CCCCCC(C)c1ccc(O)c(C)c1. The lowest BCUT2D eigenvalue weighted by Crippen LogP contribution is -1.94. The van der Waals surface area contributed by atoms with Crippen molar-refractivity contribution >= 4 is 0 Å². The summed E-state index contributed by atoms with van der Waals surface area (Å²) in [4.78, 5) is 0. The van der Waals surface area contributed by atoms with E-state index >= 15 is 0 Å². The molecular formula is C14H22O. The zero-order valence-electron chi connectivity index (χ0n) is 10.1. The molecule has 1 aromatic carbocycles. The van der Waals surface area contributed by atoms with Crippen LogP contribution in [0.3, 0.4) is 0 Å². The van der Waals surface area contributed by atoms with Crippen molar-refractivity contribution in [1.29, 1.82) is 0 Å². The van der Waals surface area contributed by atoms with Gasteiger partial charge >= 0.3 is 0 Å². The van der Waals surface area contributed by atoms with Gasteiger partial charge in [0.25, 0.3) is 0 Å². The van der Waals surface area contributed by atoms with Gasteiger partial charge < -0.3 is 5.11 Å². The van der Waals surface area contributed by atoms with Crippen molar-refractivity contribution in [2.45, 2.75) is 52.4 Å². The van der Waals surface area contributed by atoms with Gasteiger partial charge in [-0.15, -0.1) is 0 Å². The van der Waals surface area contributed by atoms with Crippen LogP contribution in [-0.4, -0.2) is 5.11 Å². The van der Waals surface area contributed by atoms with E-state index in [4.69, 9.17) is 0 Å². The Morgan fingerprint density at radius 3 is 2.60 bits per heavy atom. The van der Waals surface area contributed by atoms with Gasteiger partial charge in [0.15, 0.2) is 0 Å². The number of hydrogen-bond acceptors (Lipinski definition) is 1. The number of benzene rings is 1. The highest BCUT2D eigenvalue weighted by Crippen LogP contribution is 2.26. The highest BCUT2D eigenvalue weighted by molar-refractivity contribution is 5.36. The van der Waals surface area contributed by atoms with Crippen LogP contribution in [-0.2, 0) is 0 Å². The molecule has 1 heteroatoms. The molecule has 0 heterocycles. The Morgan fingerprint density at radius 1 is 1.27 bits per heavy atom. The van der Waals surface area contributed by atoms with Crippen LogP contribution in [0.5, 0.6) is 5.75 Å². The predicted molar refractivity (Wildman–Crippen MR) is 65.4 cm³/mol. The third-order valence-electron chi connectivity index (χ3n) is 3.03. The molecule has 15 heavy (non-hydrogen) atoms. The lowest BCUT2D eigenvalue weighted by atomic mass is 9.94. The zero-order valence-corrected chi connectivity index (χ0v) is 10.1. The monoisotopic (exact) mass is 206 g/mol. The van der Waals surface area contributed by atoms with Crippen LogP contribution in [0, 0.1) is 6.92 Å². The van der Waals surface area contributed by atoms with E-state index in [9.17, 15) is 5.11 Å². The molecule has 0 fully saturated rings. The molecule has 1 aromatic rings. The number of unbranched alkanes of at least 4 members (excludes halogenated alkanes) is 2. The molecule has 1 atom stereocenters. The van der Waals surface area contributed by atoms with Gasteiger partial charge in [0.2, 0.25) is 0 Å². The third kappa shape index (κ3) is 3.58. The Morgan fingerprint density at radius 2 is 2.00 bits per heavy atom.